The molecule has 11 heteroatoms. The molecule has 1 aliphatic heterocycles. The van der Waals surface area contributed by atoms with Gasteiger partial charge in [0.15, 0.2) is 0 Å². The molecule has 7 nitrogen and oxygen atoms in total. The molecule has 0 unspecified atom stereocenters. The third kappa shape index (κ3) is 4.15. The highest BCUT2D eigenvalue weighted by Crippen LogP contribution is 2.31. The van der Waals surface area contributed by atoms with Gasteiger partial charge in [0, 0.05) is 31.4 Å². The second kappa shape index (κ2) is 7.65. The van der Waals surface area contributed by atoms with E-state index in [0.717, 1.165) is 11.3 Å². The van der Waals surface area contributed by atoms with E-state index in [-0.39, 0.29) is 16.8 Å². The van der Waals surface area contributed by atoms with Crippen LogP contribution in [0, 0.1) is 6.92 Å². The molecule has 0 saturated carbocycles. The molecule has 1 aliphatic rings. The molecule has 1 fully saturated rings. The van der Waals surface area contributed by atoms with Crippen molar-refractivity contribution in [1.29, 1.82) is 0 Å². The lowest BCUT2D eigenvalue weighted by Gasteiger charge is -2.43. The Kier molecular flexibility index (Phi) is 5.26. The Morgan fingerprint density at radius 3 is 2.23 bits per heavy atom. The number of anilines is 1. The number of alkyl halides is 3. The fourth-order valence-electron chi connectivity index (χ4n) is 3.23. The van der Waals surface area contributed by atoms with Crippen molar-refractivity contribution in [3.05, 3.63) is 60.0 Å². The summed E-state index contributed by atoms with van der Waals surface area (Å²) < 4.78 is 68.9. The fourth-order valence-corrected chi connectivity index (χ4v) is 4.74. The van der Waals surface area contributed by atoms with E-state index >= 15 is 0 Å². The van der Waals surface area contributed by atoms with Gasteiger partial charge in [0.25, 0.3) is 0 Å². The van der Waals surface area contributed by atoms with Gasteiger partial charge in [0.05, 0.1) is 10.9 Å². The number of hydrogen-bond donors (Lipinski definition) is 0. The van der Waals surface area contributed by atoms with Gasteiger partial charge in [0.1, 0.15) is 0 Å². The van der Waals surface area contributed by atoms with Gasteiger partial charge >= 0.3 is 12.1 Å². The Morgan fingerprint density at radius 2 is 1.68 bits per heavy atom. The minimum absolute atomic E-state index is 0.0203. The molecule has 4 rings (SSSR count). The summed E-state index contributed by atoms with van der Waals surface area (Å²) in [4.78, 5) is 5.57. The molecule has 0 radical (unpaired) electrons. The molecule has 2 aromatic carbocycles. The van der Waals surface area contributed by atoms with Crippen LogP contribution in [0.25, 0.3) is 11.4 Å². The van der Waals surface area contributed by atoms with Gasteiger partial charge in [-0.3, -0.25) is 0 Å². The maximum absolute atomic E-state index is 12.7. The van der Waals surface area contributed by atoms with Crippen LogP contribution in [-0.2, 0) is 16.2 Å². The summed E-state index contributed by atoms with van der Waals surface area (Å²) in [5, 5.41) is 3.37. The normalized spacial score (nSPS) is 15.6. The molecule has 0 aliphatic carbocycles. The number of sulfonamides is 1. The van der Waals surface area contributed by atoms with Crippen LogP contribution in [0.5, 0.6) is 0 Å². The van der Waals surface area contributed by atoms with Gasteiger partial charge in [-0.05, 0) is 43.3 Å². The largest absolute Gasteiger partial charge is 0.471 e. The first-order chi connectivity index (χ1) is 14.6. The molecule has 1 aromatic heterocycles. The number of likely N-dealkylation sites (N-methyl/N-ethyl adjacent to an activating group) is 1. The minimum Gasteiger partial charge on any atom is -0.369 e. The van der Waals surface area contributed by atoms with Gasteiger partial charge in [-0.1, -0.05) is 22.9 Å². The minimum atomic E-state index is -4.69. The van der Waals surface area contributed by atoms with Crippen molar-refractivity contribution >= 4 is 15.7 Å². The fraction of sp³-hybridized carbons (Fsp3) is 0.300. The number of aromatic nitrogens is 2. The standard InChI is InChI=1S/C20H19F3N4O3S/c1-13-3-9-17(10-4-13)31(28,29)27-11-16(12-27)26(2)15-7-5-14(6-8-15)18-24-19(30-25-18)20(21,22)23/h3-10,16H,11-12H2,1-2H3. The Hall–Kier alpha value is -2.92. The van der Waals surface area contributed by atoms with Gasteiger partial charge in [-0.25, -0.2) is 8.42 Å². The maximum atomic E-state index is 12.7. The van der Waals surface area contributed by atoms with Crippen LogP contribution >= 0.6 is 0 Å². The summed E-state index contributed by atoms with van der Waals surface area (Å²) in [5.41, 5.74) is 2.16. The number of aryl methyl sites for hydroxylation is 1. The highest BCUT2D eigenvalue weighted by molar-refractivity contribution is 7.89. The van der Waals surface area contributed by atoms with Gasteiger partial charge in [0.2, 0.25) is 15.8 Å². The SMILES string of the molecule is Cc1ccc(S(=O)(=O)N2CC(N(C)c3ccc(-c4noc(C(F)(F)F)n4)cc3)C2)cc1. The second-order valence-electron chi connectivity index (χ2n) is 7.37. The maximum Gasteiger partial charge on any atom is 0.471 e. The van der Waals surface area contributed by atoms with E-state index in [9.17, 15) is 21.6 Å². The quantitative estimate of drug-likeness (QED) is 0.589. The molecule has 31 heavy (non-hydrogen) atoms. The average molecular weight is 452 g/mol. The zero-order chi connectivity index (χ0) is 22.4. The Balaban J connectivity index is 1.41. The zero-order valence-electron chi connectivity index (χ0n) is 16.7. The molecule has 1 saturated heterocycles. The van der Waals surface area contributed by atoms with Crippen LogP contribution in [0.2, 0.25) is 0 Å². The van der Waals surface area contributed by atoms with E-state index in [1.807, 2.05) is 18.9 Å². The van der Waals surface area contributed by atoms with E-state index in [4.69, 9.17) is 0 Å². The molecule has 0 bridgehead atoms. The highest BCUT2D eigenvalue weighted by Gasteiger charge is 2.39. The zero-order valence-corrected chi connectivity index (χ0v) is 17.5. The number of benzene rings is 2. The first-order valence-corrected chi connectivity index (χ1v) is 10.8. The van der Waals surface area contributed by atoms with Gasteiger partial charge in [-0.15, -0.1) is 0 Å². The summed E-state index contributed by atoms with van der Waals surface area (Å²) in [6, 6.07) is 13.3. The summed E-state index contributed by atoms with van der Waals surface area (Å²) in [5.74, 6) is -1.55. The number of hydrogen-bond acceptors (Lipinski definition) is 6. The van der Waals surface area contributed by atoms with E-state index in [1.54, 1.807) is 48.5 Å². The Labute approximate surface area is 177 Å². The van der Waals surface area contributed by atoms with Gasteiger partial charge < -0.3 is 9.42 Å². The molecule has 164 valence electrons. The molecule has 0 N–H and O–H groups in total. The van der Waals surface area contributed by atoms with E-state index in [1.165, 1.54) is 4.31 Å². The third-order valence-electron chi connectivity index (χ3n) is 5.24. The molecule has 2 heterocycles. The van der Waals surface area contributed by atoms with Crippen LogP contribution in [0.15, 0.2) is 57.9 Å². The van der Waals surface area contributed by atoms with Crippen LogP contribution in [0.3, 0.4) is 0 Å². The lowest BCUT2D eigenvalue weighted by molar-refractivity contribution is -0.159. The van der Waals surface area contributed by atoms with E-state index in [2.05, 4.69) is 14.7 Å². The lowest BCUT2D eigenvalue weighted by atomic mass is 10.1. The first kappa shape index (κ1) is 21.3. The Bertz CT molecular complexity index is 1170. The van der Waals surface area contributed by atoms with Crippen molar-refractivity contribution in [2.24, 2.45) is 0 Å². The average Bonchev–Trinajstić information content (AvgIpc) is 3.18. The van der Waals surface area contributed by atoms with Crippen molar-refractivity contribution in [3.63, 3.8) is 0 Å². The summed E-state index contributed by atoms with van der Waals surface area (Å²) >= 11 is 0. The van der Waals surface area contributed by atoms with Gasteiger partial charge in [-0.2, -0.15) is 22.5 Å². The van der Waals surface area contributed by atoms with Crippen LogP contribution in [-0.4, -0.2) is 49.0 Å². The van der Waals surface area contributed by atoms with Crippen LogP contribution in [0.1, 0.15) is 11.5 Å². The Morgan fingerprint density at radius 1 is 1.06 bits per heavy atom. The van der Waals surface area contributed by atoms with Crippen molar-refractivity contribution < 1.29 is 26.1 Å². The lowest BCUT2D eigenvalue weighted by Crippen LogP contribution is -2.60. The van der Waals surface area contributed by atoms with Crippen LogP contribution in [0.4, 0.5) is 18.9 Å². The van der Waals surface area contributed by atoms with E-state index in [0.29, 0.717) is 18.7 Å². The summed E-state index contributed by atoms with van der Waals surface area (Å²) in [7, 11) is -1.69. The molecule has 0 amide bonds. The summed E-state index contributed by atoms with van der Waals surface area (Å²) in [6.45, 7) is 2.58. The molecule has 3 aromatic rings. The first-order valence-electron chi connectivity index (χ1n) is 9.37. The highest BCUT2D eigenvalue weighted by atomic mass is 32.2. The smallest absolute Gasteiger partial charge is 0.369 e. The molecular formula is C20H19F3N4O3S. The number of nitrogens with zero attached hydrogens (tertiary/aromatic N) is 4. The number of halogens is 3. The van der Waals surface area contributed by atoms with Crippen molar-refractivity contribution in [2.75, 3.05) is 25.0 Å². The van der Waals surface area contributed by atoms with Crippen molar-refractivity contribution in [1.82, 2.24) is 14.4 Å². The summed E-state index contributed by atoms with van der Waals surface area (Å²) in [6.07, 6.45) is -4.69. The number of rotatable bonds is 5. The molecule has 0 spiro atoms. The second-order valence-corrected chi connectivity index (χ2v) is 9.31. The molecular weight excluding hydrogens is 433 g/mol. The van der Waals surface area contributed by atoms with Crippen molar-refractivity contribution in [3.8, 4) is 11.4 Å². The van der Waals surface area contributed by atoms with E-state index < -0.39 is 22.1 Å². The predicted molar refractivity (Wildman–Crippen MR) is 107 cm³/mol. The molecule has 0 atom stereocenters. The topological polar surface area (TPSA) is 79.5 Å². The van der Waals surface area contributed by atoms with Crippen molar-refractivity contribution in [2.45, 2.75) is 24.0 Å². The predicted octanol–water partition coefficient (Wildman–Crippen LogP) is 3.57. The third-order valence-corrected chi connectivity index (χ3v) is 7.08. The van der Waals surface area contributed by atoms with Crippen LogP contribution < -0.4 is 4.90 Å². The monoisotopic (exact) mass is 452 g/mol.